The van der Waals surface area contributed by atoms with Gasteiger partial charge in [-0.3, -0.25) is 9.36 Å². The number of aromatic nitrogens is 8. The number of para-hydroxylation sites is 1. The number of anilines is 1. The standard InChI is InChI=1S/C8H11N.C6H4ClN5O2.C6H5N5O3.Cl3OP/c1-9(2)8-6-4-3-5-7-8;1-11-5-3(4(7)8-2-9-5)6(10-11)12(13)14;1-10-4-3(5(9-10)11(13)14)6(12)8-2-7-4;1-5(2,3)4/h3-7H,1-2H3;2H,1H3;2H,1H3,(H,7,8,12);. The van der Waals surface area contributed by atoms with Gasteiger partial charge in [-0.25, -0.2) is 15.0 Å². The van der Waals surface area contributed by atoms with Crippen LogP contribution in [0.3, 0.4) is 0 Å². The first-order valence-electron chi connectivity index (χ1n) is 11.0. The summed E-state index contributed by atoms with van der Waals surface area (Å²) in [5.74, 6) is -0.801. The van der Waals surface area contributed by atoms with Crippen LogP contribution in [0.15, 0.2) is 47.8 Å². The number of nitrogens with zero attached hydrogens (tertiary/aromatic N) is 10. The number of nitro groups is 2. The number of aryl methyl sites for hydroxylation is 2. The van der Waals surface area contributed by atoms with Gasteiger partial charge in [-0.15, -0.1) is 0 Å². The summed E-state index contributed by atoms with van der Waals surface area (Å²) in [6.45, 7) is 0. The van der Waals surface area contributed by atoms with Crippen molar-refractivity contribution >= 4 is 89.9 Å². The maximum absolute atomic E-state index is 11.3. The molecule has 0 bridgehead atoms. The van der Waals surface area contributed by atoms with Gasteiger partial charge in [0, 0.05) is 19.8 Å². The summed E-state index contributed by atoms with van der Waals surface area (Å²) in [5, 5.41) is 25.3. The average Bonchev–Trinajstić information content (AvgIpc) is 3.43. The van der Waals surface area contributed by atoms with E-state index < -0.39 is 26.4 Å². The minimum atomic E-state index is -3.22. The van der Waals surface area contributed by atoms with E-state index in [1.165, 1.54) is 34.8 Å². The van der Waals surface area contributed by atoms with Crippen molar-refractivity contribution in [3.63, 3.8) is 0 Å². The first kappa shape index (κ1) is 34.3. The molecule has 0 saturated carbocycles. The molecule has 0 saturated heterocycles. The third-order valence-electron chi connectivity index (χ3n) is 4.78. The summed E-state index contributed by atoms with van der Waals surface area (Å²) in [5.41, 5.74) is 1.23. The zero-order valence-electron chi connectivity index (χ0n) is 21.9. The number of rotatable bonds is 3. The number of hydrogen-bond acceptors (Lipinski definition) is 12. The largest absolute Gasteiger partial charge is 0.405 e. The van der Waals surface area contributed by atoms with Crippen LogP contribution in [0.1, 0.15) is 0 Å². The van der Waals surface area contributed by atoms with Gasteiger partial charge >= 0.3 is 16.8 Å². The summed E-state index contributed by atoms with van der Waals surface area (Å²) in [4.78, 5) is 46.7. The molecule has 42 heavy (non-hydrogen) atoms. The number of hydrogen-bond donors (Lipinski definition) is 1. The predicted octanol–water partition coefficient (Wildman–Crippen LogP) is 5.05. The Labute approximate surface area is 255 Å². The fourth-order valence-corrected chi connectivity index (χ4v) is 3.30. The second-order valence-electron chi connectivity index (χ2n) is 7.83. The maximum atomic E-state index is 11.3. The molecule has 224 valence electrons. The van der Waals surface area contributed by atoms with E-state index in [4.69, 9.17) is 11.6 Å². The molecule has 0 amide bonds. The van der Waals surface area contributed by atoms with E-state index in [9.17, 15) is 29.6 Å². The highest BCUT2D eigenvalue weighted by Crippen LogP contribution is 2.61. The first-order valence-corrected chi connectivity index (χ1v) is 15.8. The van der Waals surface area contributed by atoms with Crippen LogP contribution in [0.5, 0.6) is 0 Å². The summed E-state index contributed by atoms with van der Waals surface area (Å²) >= 11 is 19.6. The molecule has 1 aromatic carbocycles. The molecule has 0 fully saturated rings. The van der Waals surface area contributed by atoms with Gasteiger partial charge in [-0.1, -0.05) is 29.8 Å². The van der Waals surface area contributed by atoms with Crippen molar-refractivity contribution < 1.29 is 14.4 Å². The van der Waals surface area contributed by atoms with Gasteiger partial charge < -0.3 is 30.1 Å². The fourth-order valence-electron chi connectivity index (χ4n) is 3.09. The van der Waals surface area contributed by atoms with Crippen LogP contribution in [0.4, 0.5) is 17.3 Å². The van der Waals surface area contributed by atoms with E-state index >= 15 is 0 Å². The Morgan fingerprint density at radius 1 is 0.881 bits per heavy atom. The molecule has 0 unspecified atom stereocenters. The molecule has 0 atom stereocenters. The van der Waals surface area contributed by atoms with Crippen molar-refractivity contribution in [1.82, 2.24) is 39.5 Å². The third-order valence-corrected chi connectivity index (χ3v) is 5.07. The van der Waals surface area contributed by atoms with E-state index in [0.29, 0.717) is 5.65 Å². The number of fused-ring (bicyclic) bond motifs is 2. The van der Waals surface area contributed by atoms with Gasteiger partial charge in [0.15, 0.2) is 27.2 Å². The third kappa shape index (κ3) is 9.60. The molecule has 0 aliphatic rings. The summed E-state index contributed by atoms with van der Waals surface area (Å²) in [6, 6.07) is 10.3. The predicted molar refractivity (Wildman–Crippen MR) is 160 cm³/mol. The summed E-state index contributed by atoms with van der Waals surface area (Å²) < 4.78 is 12.0. The van der Waals surface area contributed by atoms with Gasteiger partial charge in [0.1, 0.15) is 6.33 Å². The van der Waals surface area contributed by atoms with E-state index in [1.807, 2.05) is 32.3 Å². The lowest BCUT2D eigenvalue weighted by Gasteiger charge is -2.10. The Morgan fingerprint density at radius 3 is 1.81 bits per heavy atom. The summed E-state index contributed by atoms with van der Waals surface area (Å²) in [6.07, 6.45) is 2.41. The fraction of sp³-hybridized carbons (Fsp3) is 0.200. The summed E-state index contributed by atoms with van der Waals surface area (Å²) in [7, 11) is 7.12. The molecule has 5 rings (SSSR count). The lowest BCUT2D eigenvalue weighted by molar-refractivity contribution is -0.388. The van der Waals surface area contributed by atoms with Gasteiger partial charge in [0.05, 0.1) is 30.6 Å². The number of nitrogens with one attached hydrogen (secondary N) is 1. The van der Waals surface area contributed by atoms with Crippen LogP contribution in [0.25, 0.3) is 22.1 Å². The van der Waals surface area contributed by atoms with Crippen LogP contribution in [0, 0.1) is 20.2 Å². The maximum Gasteiger partial charge on any atom is 0.405 e. The molecule has 4 aromatic heterocycles. The number of aromatic amines is 1. The average molecular weight is 683 g/mol. The zero-order valence-corrected chi connectivity index (χ0v) is 25.8. The molecular formula is C20H20Cl4N11O6P. The van der Waals surface area contributed by atoms with E-state index in [-0.39, 0.29) is 27.4 Å². The van der Waals surface area contributed by atoms with Gasteiger partial charge in [0.25, 0.3) is 5.56 Å². The highest BCUT2D eigenvalue weighted by Gasteiger charge is 2.24. The quantitative estimate of drug-likeness (QED) is 0.114. The number of halogens is 4. The molecule has 0 radical (unpaired) electrons. The molecule has 4 heterocycles. The molecular weight excluding hydrogens is 663 g/mol. The van der Waals surface area contributed by atoms with Crippen LogP contribution >= 0.6 is 50.5 Å². The highest BCUT2D eigenvalue weighted by molar-refractivity contribution is 8.24. The molecule has 1 N–H and O–H groups in total. The van der Waals surface area contributed by atoms with Gasteiger partial charge in [-0.05, 0) is 55.7 Å². The first-order chi connectivity index (χ1) is 19.5. The van der Waals surface area contributed by atoms with Crippen molar-refractivity contribution in [3.05, 3.63) is 78.7 Å². The second kappa shape index (κ2) is 14.8. The zero-order chi connectivity index (χ0) is 31.8. The van der Waals surface area contributed by atoms with Crippen molar-refractivity contribution in [2.75, 3.05) is 19.0 Å². The van der Waals surface area contributed by atoms with Crippen LogP contribution in [-0.4, -0.2) is 63.4 Å². The molecule has 5 aromatic rings. The number of benzene rings is 1. The SMILES string of the molecule is CN(C)c1ccccc1.Cn1nc([N+](=O)[O-])c2c(=O)[nH]cnc21.Cn1nc([N+](=O)[O-])c2c(Cl)ncnc21.O=P(Cl)(Cl)Cl. The van der Waals surface area contributed by atoms with E-state index in [2.05, 4.69) is 80.9 Å². The Morgan fingerprint density at radius 2 is 1.36 bits per heavy atom. The smallest absolute Gasteiger partial charge is 0.378 e. The Kier molecular flexibility index (Phi) is 12.1. The number of H-pyrrole nitrogens is 1. The van der Waals surface area contributed by atoms with Crippen LogP contribution in [0.2, 0.25) is 5.15 Å². The molecule has 17 nitrogen and oxygen atoms in total. The molecule has 0 spiro atoms. The minimum absolute atomic E-state index is 0.0369. The molecule has 0 aliphatic heterocycles. The lowest BCUT2D eigenvalue weighted by Crippen LogP contribution is -2.07. The van der Waals surface area contributed by atoms with Crippen molar-refractivity contribution in [2.24, 2.45) is 14.1 Å². The lowest BCUT2D eigenvalue weighted by atomic mass is 10.3. The Hall–Kier alpha value is -3.89. The van der Waals surface area contributed by atoms with Gasteiger partial charge in [0.2, 0.25) is 0 Å². The van der Waals surface area contributed by atoms with Crippen molar-refractivity contribution in [1.29, 1.82) is 0 Å². The second-order valence-corrected chi connectivity index (χ2v) is 14.8. The molecule has 22 heteroatoms. The van der Waals surface area contributed by atoms with Crippen LogP contribution in [-0.2, 0) is 18.7 Å². The Balaban J connectivity index is 0.000000208. The highest BCUT2D eigenvalue weighted by atomic mass is 36.0. The van der Waals surface area contributed by atoms with Crippen molar-refractivity contribution in [3.8, 4) is 0 Å². The minimum Gasteiger partial charge on any atom is -0.378 e. The molecule has 0 aliphatic carbocycles. The van der Waals surface area contributed by atoms with Gasteiger partial charge in [-0.2, -0.15) is 9.36 Å². The van der Waals surface area contributed by atoms with E-state index in [0.717, 1.165) is 0 Å². The topological polar surface area (TPSA) is 214 Å². The normalized spacial score (nSPS) is 10.5. The van der Waals surface area contributed by atoms with Crippen LogP contribution < -0.4 is 10.5 Å². The van der Waals surface area contributed by atoms with E-state index in [1.54, 1.807) is 7.05 Å². The van der Waals surface area contributed by atoms with Crippen molar-refractivity contribution in [2.45, 2.75) is 0 Å². The monoisotopic (exact) mass is 681 g/mol. The Bertz CT molecular complexity index is 1800.